The van der Waals surface area contributed by atoms with E-state index in [9.17, 15) is 14.4 Å². The molecule has 0 aliphatic carbocycles. The first-order chi connectivity index (χ1) is 18.9. The minimum atomic E-state index is -0.815. The fourth-order valence-electron chi connectivity index (χ4n) is 4.79. The van der Waals surface area contributed by atoms with Crippen LogP contribution in [-0.4, -0.2) is 55.8 Å². The molecule has 1 fully saturated rings. The summed E-state index contributed by atoms with van der Waals surface area (Å²) in [5.41, 5.74) is 2.07. The number of anilines is 4. The first kappa shape index (κ1) is 26.6. The molecule has 0 radical (unpaired) electrons. The third-order valence-corrected chi connectivity index (χ3v) is 7.78. The summed E-state index contributed by atoms with van der Waals surface area (Å²) < 4.78 is 10.4. The number of hydrogen-bond donors (Lipinski definition) is 2. The zero-order chi connectivity index (χ0) is 27.5. The van der Waals surface area contributed by atoms with Crippen LogP contribution in [0.1, 0.15) is 11.3 Å². The number of hydrogen-bond acceptors (Lipinski definition) is 10. The van der Waals surface area contributed by atoms with Crippen molar-refractivity contribution < 1.29 is 14.3 Å². The largest absolute Gasteiger partial charge is 0.497 e. The standard InChI is InChI=1S/C29H30N4O5S/c1-17-14-19-6-9-21(37-2)16-22(19)28(30-17)31-20-7-4-18(5-8-20)15-23(29(36)38-3)32-24-25(27(35)26(24)34)33-10-12-39-13-11-33/h4-9,14,16,23,32H,10-13,15H2,1-3H3,(H,30,31)/t23-/m0/s1. The average Bonchev–Trinajstić information content (AvgIpc) is 2.96. The van der Waals surface area contributed by atoms with Gasteiger partial charge < -0.3 is 25.0 Å². The smallest absolute Gasteiger partial charge is 0.328 e. The highest BCUT2D eigenvalue weighted by Crippen LogP contribution is 2.30. The second-order valence-electron chi connectivity index (χ2n) is 9.43. The summed E-state index contributed by atoms with van der Waals surface area (Å²) in [6.45, 7) is 3.34. The van der Waals surface area contributed by atoms with Gasteiger partial charge in [-0.25, -0.2) is 9.78 Å². The van der Waals surface area contributed by atoms with Gasteiger partial charge >= 0.3 is 5.97 Å². The number of methoxy groups -OCH3 is 2. The molecule has 3 aromatic carbocycles. The summed E-state index contributed by atoms with van der Waals surface area (Å²) in [6, 6.07) is 14.7. The van der Waals surface area contributed by atoms with Crippen LogP contribution in [-0.2, 0) is 16.0 Å². The van der Waals surface area contributed by atoms with Crippen molar-refractivity contribution in [3.05, 3.63) is 80.2 Å². The Bertz CT molecular complexity index is 1570. The molecule has 5 rings (SSSR count). The molecule has 0 bridgehead atoms. The van der Waals surface area contributed by atoms with E-state index in [1.54, 1.807) is 7.11 Å². The van der Waals surface area contributed by atoms with Crippen molar-refractivity contribution in [3.63, 3.8) is 0 Å². The number of benzene rings is 2. The van der Waals surface area contributed by atoms with Crippen LogP contribution in [0.4, 0.5) is 22.9 Å². The number of fused-ring (bicyclic) bond motifs is 1. The molecule has 39 heavy (non-hydrogen) atoms. The predicted octanol–water partition coefficient (Wildman–Crippen LogP) is 3.64. The topological polar surface area (TPSA) is 110 Å². The van der Waals surface area contributed by atoms with Crippen molar-refractivity contribution in [2.24, 2.45) is 0 Å². The van der Waals surface area contributed by atoms with Gasteiger partial charge in [0.05, 0.1) is 14.2 Å². The molecular formula is C29H30N4O5S. The van der Waals surface area contributed by atoms with Crippen LogP contribution >= 0.6 is 11.8 Å². The second-order valence-corrected chi connectivity index (χ2v) is 10.7. The number of aryl methyl sites for hydroxylation is 1. The van der Waals surface area contributed by atoms with Crippen LogP contribution in [0.25, 0.3) is 10.8 Å². The predicted molar refractivity (Wildman–Crippen MR) is 157 cm³/mol. The first-order valence-corrected chi connectivity index (χ1v) is 13.8. The number of nitrogens with one attached hydrogen (secondary N) is 2. The third-order valence-electron chi connectivity index (χ3n) is 6.84. The molecule has 1 aliphatic rings. The fraction of sp³-hybridized carbons (Fsp3) is 0.310. The molecule has 1 aliphatic heterocycles. The Hall–Kier alpha value is -4.05. The van der Waals surface area contributed by atoms with Gasteiger partial charge in [-0.2, -0.15) is 11.8 Å². The molecule has 1 atom stereocenters. The van der Waals surface area contributed by atoms with Crippen molar-refractivity contribution in [2.75, 3.05) is 54.3 Å². The van der Waals surface area contributed by atoms with E-state index in [1.165, 1.54) is 7.11 Å². The van der Waals surface area contributed by atoms with Crippen molar-refractivity contribution >= 4 is 51.4 Å². The number of ether oxygens (including phenoxy) is 2. The summed E-state index contributed by atoms with van der Waals surface area (Å²) in [5.74, 6) is 2.74. The van der Waals surface area contributed by atoms with E-state index in [1.807, 2.05) is 72.1 Å². The maximum Gasteiger partial charge on any atom is 0.328 e. The molecule has 0 spiro atoms. The highest BCUT2D eigenvalue weighted by atomic mass is 32.2. The lowest BCUT2D eigenvalue weighted by atomic mass is 10.0. The molecule has 0 saturated carbocycles. The Balaban J connectivity index is 1.34. The van der Waals surface area contributed by atoms with Gasteiger partial charge in [-0.3, -0.25) is 9.59 Å². The molecule has 9 nitrogen and oxygen atoms in total. The number of carbonyl (C=O) groups excluding carboxylic acids is 1. The SMILES string of the molecule is COC(=O)[C@H](Cc1ccc(Nc2nc(C)cc3ccc(OC)cc23)cc1)Nc1c(N2CCSCC2)c(=O)c1=O. The van der Waals surface area contributed by atoms with Crippen molar-refractivity contribution in [2.45, 2.75) is 19.4 Å². The van der Waals surface area contributed by atoms with E-state index in [2.05, 4.69) is 15.6 Å². The normalized spacial score (nSPS) is 14.3. The summed E-state index contributed by atoms with van der Waals surface area (Å²) in [4.78, 5) is 44.0. The van der Waals surface area contributed by atoms with Gasteiger partial charge in [0.1, 0.15) is 29.0 Å². The molecule has 0 unspecified atom stereocenters. The van der Waals surface area contributed by atoms with Crippen LogP contribution in [0, 0.1) is 6.92 Å². The number of carbonyl (C=O) groups is 1. The zero-order valence-corrected chi connectivity index (χ0v) is 22.9. The Kier molecular flexibility index (Phi) is 7.74. The van der Waals surface area contributed by atoms with Gasteiger partial charge in [-0.15, -0.1) is 0 Å². The van der Waals surface area contributed by atoms with Crippen molar-refractivity contribution in [1.29, 1.82) is 0 Å². The lowest BCUT2D eigenvalue weighted by molar-refractivity contribution is -0.141. The van der Waals surface area contributed by atoms with Crippen LogP contribution in [0.2, 0.25) is 0 Å². The van der Waals surface area contributed by atoms with Crippen LogP contribution in [0.3, 0.4) is 0 Å². The highest BCUT2D eigenvalue weighted by molar-refractivity contribution is 7.99. The quantitative estimate of drug-likeness (QED) is 0.239. The van der Waals surface area contributed by atoms with E-state index in [-0.39, 0.29) is 12.1 Å². The Morgan fingerprint density at radius 3 is 2.49 bits per heavy atom. The number of thioether (sulfide) groups is 1. The van der Waals surface area contributed by atoms with Crippen molar-refractivity contribution in [3.8, 4) is 5.75 Å². The van der Waals surface area contributed by atoms with Crippen LogP contribution < -0.4 is 31.1 Å². The van der Waals surface area contributed by atoms with E-state index in [0.717, 1.165) is 50.8 Å². The molecule has 1 aromatic heterocycles. The molecule has 202 valence electrons. The van der Waals surface area contributed by atoms with E-state index < -0.39 is 22.9 Å². The first-order valence-electron chi connectivity index (χ1n) is 12.7. The highest BCUT2D eigenvalue weighted by Gasteiger charge is 2.31. The molecule has 4 aromatic rings. The minimum Gasteiger partial charge on any atom is -0.497 e. The lowest BCUT2D eigenvalue weighted by Gasteiger charge is -2.31. The monoisotopic (exact) mass is 546 g/mol. The van der Waals surface area contributed by atoms with Gasteiger partial charge in [0.2, 0.25) is 0 Å². The summed E-state index contributed by atoms with van der Waals surface area (Å²) in [5, 5.41) is 8.40. The summed E-state index contributed by atoms with van der Waals surface area (Å²) in [7, 11) is 2.94. The van der Waals surface area contributed by atoms with Gasteiger partial charge in [-0.1, -0.05) is 18.2 Å². The Morgan fingerprint density at radius 2 is 1.79 bits per heavy atom. The maximum absolute atomic E-state index is 12.6. The van der Waals surface area contributed by atoms with Gasteiger partial charge in [0.15, 0.2) is 0 Å². The summed E-state index contributed by atoms with van der Waals surface area (Å²) >= 11 is 1.81. The van der Waals surface area contributed by atoms with E-state index in [4.69, 9.17) is 9.47 Å². The number of pyridine rings is 1. The molecule has 1 saturated heterocycles. The van der Waals surface area contributed by atoms with Gasteiger partial charge in [-0.05, 0) is 48.2 Å². The molecule has 2 N–H and O–H groups in total. The van der Waals surface area contributed by atoms with Crippen molar-refractivity contribution in [1.82, 2.24) is 4.98 Å². The van der Waals surface area contributed by atoms with Gasteiger partial charge in [0, 0.05) is 47.8 Å². The third kappa shape index (κ3) is 5.56. The van der Waals surface area contributed by atoms with Crippen LogP contribution in [0.15, 0.2) is 58.1 Å². The number of aromatic nitrogens is 1. The Labute approximate surface area is 230 Å². The number of esters is 1. The molecular weight excluding hydrogens is 516 g/mol. The van der Waals surface area contributed by atoms with Crippen LogP contribution in [0.5, 0.6) is 5.75 Å². The van der Waals surface area contributed by atoms with Gasteiger partial charge in [0.25, 0.3) is 10.9 Å². The lowest BCUT2D eigenvalue weighted by Crippen LogP contribution is -2.47. The maximum atomic E-state index is 12.6. The average molecular weight is 547 g/mol. The fourth-order valence-corrected chi connectivity index (χ4v) is 5.69. The number of rotatable bonds is 9. The number of nitrogens with zero attached hydrogens (tertiary/aromatic N) is 2. The minimum absolute atomic E-state index is 0.202. The molecule has 0 amide bonds. The Morgan fingerprint density at radius 1 is 1.05 bits per heavy atom. The molecule has 2 heterocycles. The van der Waals surface area contributed by atoms with E-state index >= 15 is 0 Å². The molecule has 10 heteroatoms. The zero-order valence-electron chi connectivity index (χ0n) is 22.1. The summed E-state index contributed by atoms with van der Waals surface area (Å²) in [6.07, 6.45) is 0.282. The van der Waals surface area contributed by atoms with E-state index in [0.29, 0.717) is 18.8 Å². The second kappa shape index (κ2) is 11.4.